The van der Waals surface area contributed by atoms with Gasteiger partial charge in [0, 0.05) is 12.8 Å². The summed E-state index contributed by atoms with van der Waals surface area (Å²) >= 11 is 0. The molecule has 0 aliphatic carbocycles. The highest BCUT2D eigenvalue weighted by Gasteiger charge is 2.39. The van der Waals surface area contributed by atoms with Crippen LogP contribution in [0.1, 0.15) is 43.4 Å². The highest BCUT2D eigenvalue weighted by Crippen LogP contribution is 2.39. The molecule has 0 bridgehead atoms. The van der Waals surface area contributed by atoms with Crippen molar-refractivity contribution in [2.75, 3.05) is 0 Å². The second kappa shape index (κ2) is 4.43. The van der Waals surface area contributed by atoms with Crippen molar-refractivity contribution < 1.29 is 9.84 Å². The second-order valence-corrected chi connectivity index (χ2v) is 5.44. The molecule has 2 nitrogen and oxygen atoms in total. The van der Waals surface area contributed by atoms with E-state index < -0.39 is 5.60 Å². The van der Waals surface area contributed by atoms with Crippen molar-refractivity contribution in [1.82, 2.24) is 0 Å². The molecule has 94 valence electrons. The van der Waals surface area contributed by atoms with Crippen molar-refractivity contribution in [2.24, 2.45) is 0 Å². The van der Waals surface area contributed by atoms with Gasteiger partial charge in [0.15, 0.2) is 0 Å². The smallest absolute Gasteiger partial charge is 0.0948 e. The molecular weight excluding hydrogens is 212 g/mol. The van der Waals surface area contributed by atoms with Crippen LogP contribution in [0.2, 0.25) is 0 Å². The third kappa shape index (κ3) is 2.38. The molecule has 0 aromatic heterocycles. The van der Waals surface area contributed by atoms with Crippen LogP contribution < -0.4 is 0 Å². The van der Waals surface area contributed by atoms with Crippen LogP contribution in [-0.2, 0) is 10.3 Å². The number of ether oxygens (including phenoxy) is 1. The van der Waals surface area contributed by atoms with Crippen LogP contribution in [0, 0.1) is 13.8 Å². The van der Waals surface area contributed by atoms with Crippen LogP contribution in [0.4, 0.5) is 0 Å². The number of rotatable bonds is 1. The summed E-state index contributed by atoms with van der Waals surface area (Å²) in [6.45, 7) is 8.25. The van der Waals surface area contributed by atoms with Crippen molar-refractivity contribution in [3.8, 4) is 0 Å². The Hall–Kier alpha value is -0.860. The van der Waals surface area contributed by atoms with Crippen LogP contribution in [-0.4, -0.2) is 17.3 Å². The minimum absolute atomic E-state index is 0.115. The SMILES string of the molecule is Cc1cccc(C2(O)CC(C)OC(C)C2)c1C. The molecule has 0 radical (unpaired) electrons. The van der Waals surface area contributed by atoms with Crippen molar-refractivity contribution in [3.63, 3.8) is 0 Å². The van der Waals surface area contributed by atoms with Crippen LogP contribution >= 0.6 is 0 Å². The summed E-state index contributed by atoms with van der Waals surface area (Å²) in [5, 5.41) is 10.9. The lowest BCUT2D eigenvalue weighted by atomic mass is 9.79. The predicted molar refractivity (Wildman–Crippen MR) is 69.1 cm³/mol. The van der Waals surface area contributed by atoms with Crippen molar-refractivity contribution in [3.05, 3.63) is 34.9 Å². The van der Waals surface area contributed by atoms with Gasteiger partial charge in [-0.05, 0) is 44.4 Å². The highest BCUT2D eigenvalue weighted by atomic mass is 16.5. The Morgan fingerprint density at radius 1 is 1.18 bits per heavy atom. The Morgan fingerprint density at radius 3 is 2.35 bits per heavy atom. The Bertz CT molecular complexity index is 401. The lowest BCUT2D eigenvalue weighted by molar-refractivity contribution is -0.136. The number of hydrogen-bond acceptors (Lipinski definition) is 2. The molecule has 1 heterocycles. The fourth-order valence-corrected chi connectivity index (χ4v) is 3.00. The zero-order valence-electron chi connectivity index (χ0n) is 11.2. The van der Waals surface area contributed by atoms with Gasteiger partial charge in [-0.15, -0.1) is 0 Å². The fraction of sp³-hybridized carbons (Fsp3) is 0.600. The van der Waals surface area contributed by atoms with E-state index in [1.54, 1.807) is 0 Å². The molecule has 1 N–H and O–H groups in total. The zero-order valence-corrected chi connectivity index (χ0v) is 11.2. The highest BCUT2D eigenvalue weighted by molar-refractivity contribution is 5.37. The van der Waals surface area contributed by atoms with Crippen LogP contribution in [0.25, 0.3) is 0 Å². The molecule has 0 amide bonds. The lowest BCUT2D eigenvalue weighted by Crippen LogP contribution is -2.41. The summed E-state index contributed by atoms with van der Waals surface area (Å²) in [5.74, 6) is 0. The summed E-state index contributed by atoms with van der Waals surface area (Å²) in [7, 11) is 0. The quantitative estimate of drug-likeness (QED) is 0.809. The summed E-state index contributed by atoms with van der Waals surface area (Å²) in [6.07, 6.45) is 1.59. The normalized spacial score (nSPS) is 33.7. The molecule has 2 atom stereocenters. The van der Waals surface area contributed by atoms with E-state index >= 15 is 0 Å². The molecule has 1 saturated heterocycles. The van der Waals surface area contributed by atoms with Gasteiger partial charge in [0.1, 0.15) is 0 Å². The molecule has 2 heteroatoms. The monoisotopic (exact) mass is 234 g/mol. The van der Waals surface area contributed by atoms with Gasteiger partial charge in [-0.2, -0.15) is 0 Å². The standard InChI is InChI=1S/C15H22O2/c1-10-6-5-7-14(13(10)4)15(16)8-11(2)17-12(3)9-15/h5-7,11-12,16H,8-9H2,1-4H3. The van der Waals surface area contributed by atoms with E-state index in [9.17, 15) is 5.11 Å². The van der Waals surface area contributed by atoms with E-state index in [1.165, 1.54) is 11.1 Å². The first-order valence-electron chi connectivity index (χ1n) is 6.37. The Kier molecular flexibility index (Phi) is 3.28. The minimum Gasteiger partial charge on any atom is -0.385 e. The molecule has 0 saturated carbocycles. The maximum absolute atomic E-state index is 10.9. The van der Waals surface area contributed by atoms with Crippen LogP contribution in [0.15, 0.2) is 18.2 Å². The van der Waals surface area contributed by atoms with E-state index in [1.807, 2.05) is 26.0 Å². The third-order valence-electron chi connectivity index (χ3n) is 3.82. The molecule has 1 aromatic rings. The molecule has 2 unspecified atom stereocenters. The summed E-state index contributed by atoms with van der Waals surface area (Å²) in [5.41, 5.74) is 2.78. The van der Waals surface area contributed by atoms with E-state index in [0.717, 1.165) is 5.56 Å². The molecule has 1 fully saturated rings. The van der Waals surface area contributed by atoms with E-state index in [4.69, 9.17) is 4.74 Å². The van der Waals surface area contributed by atoms with Gasteiger partial charge in [-0.25, -0.2) is 0 Å². The molecule has 2 rings (SSSR count). The summed E-state index contributed by atoms with van der Waals surface area (Å²) < 4.78 is 5.71. The number of benzene rings is 1. The van der Waals surface area contributed by atoms with Gasteiger partial charge in [0.25, 0.3) is 0 Å². The molecule has 1 aliphatic rings. The Morgan fingerprint density at radius 2 is 1.76 bits per heavy atom. The second-order valence-electron chi connectivity index (χ2n) is 5.44. The lowest BCUT2D eigenvalue weighted by Gasteiger charge is -2.40. The van der Waals surface area contributed by atoms with Gasteiger partial charge in [-0.1, -0.05) is 18.2 Å². The maximum atomic E-state index is 10.9. The minimum atomic E-state index is -0.729. The first-order chi connectivity index (χ1) is 7.92. The largest absolute Gasteiger partial charge is 0.385 e. The van der Waals surface area contributed by atoms with Gasteiger partial charge in [-0.3, -0.25) is 0 Å². The number of aliphatic hydroxyl groups is 1. The van der Waals surface area contributed by atoms with E-state index in [2.05, 4.69) is 19.9 Å². The Labute approximate surface area is 104 Å². The predicted octanol–water partition coefficient (Wildman–Crippen LogP) is 3.08. The van der Waals surface area contributed by atoms with Crippen molar-refractivity contribution >= 4 is 0 Å². The van der Waals surface area contributed by atoms with Gasteiger partial charge in [0.2, 0.25) is 0 Å². The number of aryl methyl sites for hydroxylation is 1. The van der Waals surface area contributed by atoms with E-state index in [0.29, 0.717) is 12.8 Å². The Balaban J connectivity index is 2.40. The van der Waals surface area contributed by atoms with E-state index in [-0.39, 0.29) is 12.2 Å². The molecule has 1 aliphatic heterocycles. The van der Waals surface area contributed by atoms with Crippen molar-refractivity contribution in [2.45, 2.75) is 58.3 Å². The first-order valence-corrected chi connectivity index (χ1v) is 6.37. The first kappa shape index (κ1) is 12.6. The van der Waals surface area contributed by atoms with Gasteiger partial charge in [0.05, 0.1) is 17.8 Å². The van der Waals surface area contributed by atoms with Crippen LogP contribution in [0.3, 0.4) is 0 Å². The molecule has 17 heavy (non-hydrogen) atoms. The van der Waals surface area contributed by atoms with Crippen LogP contribution in [0.5, 0.6) is 0 Å². The van der Waals surface area contributed by atoms with Gasteiger partial charge >= 0.3 is 0 Å². The van der Waals surface area contributed by atoms with Gasteiger partial charge < -0.3 is 9.84 Å². The summed E-state index contributed by atoms with van der Waals surface area (Å²) in [4.78, 5) is 0. The van der Waals surface area contributed by atoms with Crippen molar-refractivity contribution in [1.29, 1.82) is 0 Å². The molecule has 1 aromatic carbocycles. The molecule has 0 spiro atoms. The topological polar surface area (TPSA) is 29.5 Å². The third-order valence-corrected chi connectivity index (χ3v) is 3.82. The zero-order chi connectivity index (χ0) is 12.6. The average Bonchev–Trinajstić information content (AvgIpc) is 2.19. The number of hydrogen-bond donors (Lipinski definition) is 1. The fourth-order valence-electron chi connectivity index (χ4n) is 3.00. The average molecular weight is 234 g/mol. The summed E-state index contributed by atoms with van der Waals surface area (Å²) in [6, 6.07) is 6.17. The maximum Gasteiger partial charge on any atom is 0.0948 e. The molecular formula is C15H22O2.